The van der Waals surface area contributed by atoms with Gasteiger partial charge in [0.05, 0.1) is 0 Å². The van der Waals surface area contributed by atoms with Gasteiger partial charge in [-0.25, -0.2) is 8.42 Å². The fraction of sp³-hybridized carbons (Fsp3) is 0.0952. The molecule has 1 unspecified atom stereocenters. The molecule has 164 valence electrons. The summed E-state index contributed by atoms with van der Waals surface area (Å²) in [6.45, 7) is 1.82. The number of carbonyl (C=O) groups excluding carboxylic acids is 1. The fourth-order valence-corrected chi connectivity index (χ4v) is 6.45. The topological polar surface area (TPSA) is 101 Å². The number of aryl methyl sites for hydroxylation is 1. The molecule has 0 spiro atoms. The summed E-state index contributed by atoms with van der Waals surface area (Å²) >= 11 is 3.84. The van der Waals surface area contributed by atoms with Crippen LogP contribution in [0, 0.1) is 6.92 Å². The van der Waals surface area contributed by atoms with Crippen LogP contribution in [0.15, 0.2) is 81.2 Å². The maximum Gasteiger partial charge on any atom is 0.271 e. The molecule has 2 N–H and O–H groups in total. The zero-order valence-electron chi connectivity index (χ0n) is 16.8. The Morgan fingerprint density at radius 2 is 1.75 bits per heavy atom. The number of nitrogens with one attached hydrogen (secondary N) is 2. The summed E-state index contributed by atoms with van der Waals surface area (Å²) in [5, 5.41) is 13.2. The van der Waals surface area contributed by atoms with Crippen molar-refractivity contribution in [2.75, 3.05) is 10.0 Å². The molecule has 2 aromatic carbocycles. The Labute approximate surface area is 198 Å². The Hall–Kier alpha value is -2.73. The van der Waals surface area contributed by atoms with E-state index in [1.165, 1.54) is 23.1 Å². The lowest BCUT2D eigenvalue weighted by atomic mass is 10.1. The molecule has 0 fully saturated rings. The van der Waals surface area contributed by atoms with Crippen molar-refractivity contribution in [2.45, 2.75) is 21.3 Å². The number of aromatic nitrogens is 2. The summed E-state index contributed by atoms with van der Waals surface area (Å²) in [5.74, 6) is -0.208. The molecule has 0 aliphatic heterocycles. The predicted octanol–water partition coefficient (Wildman–Crippen LogP) is 5.18. The molecule has 7 nitrogen and oxygen atoms in total. The SMILES string of the molecule is Cc1nnc(NC(=O)C(Sc2ccc(NS(=O)(=O)c3cccs3)cc2)c2ccccc2)s1. The zero-order chi connectivity index (χ0) is 22.6. The first kappa shape index (κ1) is 22.5. The van der Waals surface area contributed by atoms with E-state index in [2.05, 4.69) is 20.2 Å². The van der Waals surface area contributed by atoms with Crippen LogP contribution in [0.5, 0.6) is 0 Å². The number of sulfonamides is 1. The lowest BCUT2D eigenvalue weighted by molar-refractivity contribution is -0.115. The van der Waals surface area contributed by atoms with Gasteiger partial charge in [-0.1, -0.05) is 47.7 Å². The Kier molecular flexibility index (Phi) is 6.89. The first-order chi connectivity index (χ1) is 15.4. The fourth-order valence-electron chi connectivity index (χ4n) is 2.78. The summed E-state index contributed by atoms with van der Waals surface area (Å²) in [6.07, 6.45) is 0. The molecule has 4 aromatic rings. The van der Waals surface area contributed by atoms with E-state index in [-0.39, 0.29) is 10.1 Å². The highest BCUT2D eigenvalue weighted by atomic mass is 32.2. The van der Waals surface area contributed by atoms with Crippen molar-refractivity contribution in [1.82, 2.24) is 10.2 Å². The number of hydrogen-bond donors (Lipinski definition) is 2. The molecule has 32 heavy (non-hydrogen) atoms. The van der Waals surface area contributed by atoms with Gasteiger partial charge in [0.15, 0.2) is 0 Å². The molecule has 0 bridgehead atoms. The van der Waals surface area contributed by atoms with Gasteiger partial charge in [-0.15, -0.1) is 33.3 Å². The van der Waals surface area contributed by atoms with Crippen molar-refractivity contribution in [3.8, 4) is 0 Å². The summed E-state index contributed by atoms with van der Waals surface area (Å²) < 4.78 is 27.6. The van der Waals surface area contributed by atoms with Crippen LogP contribution in [0.4, 0.5) is 10.8 Å². The zero-order valence-corrected chi connectivity index (χ0v) is 20.0. The number of thioether (sulfide) groups is 1. The van der Waals surface area contributed by atoms with Crippen molar-refractivity contribution >= 4 is 61.2 Å². The van der Waals surface area contributed by atoms with E-state index in [9.17, 15) is 13.2 Å². The Balaban J connectivity index is 1.51. The van der Waals surface area contributed by atoms with Gasteiger partial charge >= 0.3 is 0 Å². The minimum atomic E-state index is -3.61. The maximum atomic E-state index is 13.0. The van der Waals surface area contributed by atoms with Crippen LogP contribution in [0.2, 0.25) is 0 Å². The average molecular weight is 503 g/mol. The lowest BCUT2D eigenvalue weighted by Gasteiger charge is -2.16. The standard InChI is InChI=1S/C21H18N4O3S4/c1-14-23-24-21(30-14)22-20(26)19(15-6-3-2-4-7-15)31-17-11-9-16(10-12-17)25-32(27,28)18-8-5-13-29-18/h2-13,19,25H,1H3,(H,22,24,26). The number of hydrogen-bond acceptors (Lipinski definition) is 8. The molecule has 0 aliphatic rings. The molecule has 2 heterocycles. The van der Waals surface area contributed by atoms with Gasteiger partial charge in [-0.05, 0) is 48.2 Å². The number of amides is 1. The Morgan fingerprint density at radius 3 is 2.38 bits per heavy atom. The third-order valence-corrected chi connectivity index (χ3v) is 9.02. The highest BCUT2D eigenvalue weighted by Crippen LogP contribution is 2.37. The van der Waals surface area contributed by atoms with Crippen LogP contribution >= 0.6 is 34.4 Å². The number of nitrogens with zero attached hydrogens (tertiary/aromatic N) is 2. The summed E-state index contributed by atoms with van der Waals surface area (Å²) in [5.41, 5.74) is 1.30. The van der Waals surface area contributed by atoms with E-state index in [1.54, 1.807) is 41.8 Å². The number of benzene rings is 2. The average Bonchev–Trinajstić information content (AvgIpc) is 3.46. The molecule has 0 radical (unpaired) electrons. The van der Waals surface area contributed by atoms with Crippen molar-refractivity contribution in [1.29, 1.82) is 0 Å². The smallest absolute Gasteiger partial charge is 0.271 e. The minimum Gasteiger partial charge on any atom is -0.299 e. The molecule has 1 atom stereocenters. The predicted molar refractivity (Wildman–Crippen MR) is 130 cm³/mol. The number of rotatable bonds is 8. The van der Waals surface area contributed by atoms with Crippen molar-refractivity contribution in [3.05, 3.63) is 82.7 Å². The maximum absolute atomic E-state index is 13.0. The van der Waals surface area contributed by atoms with Gasteiger partial charge in [0.2, 0.25) is 11.0 Å². The first-order valence-corrected chi connectivity index (χ1v) is 13.5. The van der Waals surface area contributed by atoms with Crippen LogP contribution in [0.1, 0.15) is 15.8 Å². The molecule has 1 amide bonds. The number of thiophene rings is 1. The van der Waals surface area contributed by atoms with Crippen LogP contribution in [-0.4, -0.2) is 24.5 Å². The van der Waals surface area contributed by atoms with Crippen molar-refractivity contribution in [2.24, 2.45) is 0 Å². The third-order valence-electron chi connectivity index (χ3n) is 4.22. The molecule has 4 rings (SSSR count). The monoisotopic (exact) mass is 502 g/mol. The van der Waals surface area contributed by atoms with E-state index < -0.39 is 15.3 Å². The molecule has 2 aromatic heterocycles. The van der Waals surface area contributed by atoms with E-state index in [4.69, 9.17) is 0 Å². The van der Waals surface area contributed by atoms with Gasteiger partial charge in [0, 0.05) is 10.6 Å². The highest BCUT2D eigenvalue weighted by Gasteiger charge is 2.23. The third kappa shape index (κ3) is 5.54. The van der Waals surface area contributed by atoms with Crippen LogP contribution in [0.3, 0.4) is 0 Å². The van der Waals surface area contributed by atoms with E-state index in [1.807, 2.05) is 37.3 Å². The van der Waals surface area contributed by atoms with Crippen molar-refractivity contribution < 1.29 is 13.2 Å². The second kappa shape index (κ2) is 9.82. The van der Waals surface area contributed by atoms with Gasteiger partial charge in [-0.2, -0.15) is 0 Å². The van der Waals surface area contributed by atoms with Gasteiger partial charge in [0.25, 0.3) is 10.0 Å². The first-order valence-electron chi connectivity index (χ1n) is 9.40. The van der Waals surface area contributed by atoms with E-state index in [0.717, 1.165) is 26.8 Å². The number of carbonyl (C=O) groups is 1. The molecular weight excluding hydrogens is 485 g/mol. The minimum absolute atomic E-state index is 0.208. The van der Waals surface area contributed by atoms with Gasteiger partial charge in [-0.3, -0.25) is 14.8 Å². The molecule has 0 saturated heterocycles. The normalized spacial score (nSPS) is 12.3. The molecular formula is C21H18N4O3S4. The molecule has 11 heteroatoms. The van der Waals surface area contributed by atoms with Crippen LogP contribution in [0.25, 0.3) is 0 Å². The largest absolute Gasteiger partial charge is 0.299 e. The Bertz CT molecular complexity index is 1290. The highest BCUT2D eigenvalue weighted by molar-refractivity contribution is 8.00. The molecule has 0 saturated carbocycles. The summed E-state index contributed by atoms with van der Waals surface area (Å²) in [7, 11) is -3.61. The lowest BCUT2D eigenvalue weighted by Crippen LogP contribution is -2.19. The van der Waals surface area contributed by atoms with Crippen molar-refractivity contribution in [3.63, 3.8) is 0 Å². The number of anilines is 2. The quantitative estimate of drug-likeness (QED) is 0.322. The second-order valence-corrected chi connectivity index (χ2v) is 11.8. The molecule has 0 aliphatic carbocycles. The van der Waals surface area contributed by atoms with E-state index >= 15 is 0 Å². The summed E-state index contributed by atoms with van der Waals surface area (Å²) in [6, 6.07) is 19.6. The summed E-state index contributed by atoms with van der Waals surface area (Å²) in [4.78, 5) is 13.8. The second-order valence-electron chi connectivity index (χ2n) is 6.59. The van der Waals surface area contributed by atoms with Gasteiger partial charge in [0.1, 0.15) is 14.5 Å². The van der Waals surface area contributed by atoms with Gasteiger partial charge < -0.3 is 0 Å². The Morgan fingerprint density at radius 1 is 1.00 bits per heavy atom. The van der Waals surface area contributed by atoms with E-state index in [0.29, 0.717) is 10.8 Å². The van der Waals surface area contributed by atoms with Crippen LogP contribution in [-0.2, 0) is 14.8 Å². The van der Waals surface area contributed by atoms with Crippen LogP contribution < -0.4 is 10.0 Å².